The molecule has 0 aliphatic carbocycles. The van der Waals surface area contributed by atoms with E-state index in [4.69, 9.17) is 9.84 Å². The van der Waals surface area contributed by atoms with Crippen molar-refractivity contribution >= 4 is 21.9 Å². The normalized spacial score (nSPS) is 12.4. The van der Waals surface area contributed by atoms with Gasteiger partial charge in [-0.3, -0.25) is 4.79 Å². The van der Waals surface area contributed by atoms with Gasteiger partial charge in [0.1, 0.15) is 0 Å². The molecule has 0 amide bonds. The second-order valence-electron chi connectivity index (χ2n) is 3.27. The Kier molecular flexibility index (Phi) is 4.78. The van der Waals surface area contributed by atoms with Crippen molar-refractivity contribution in [1.82, 2.24) is 0 Å². The van der Waals surface area contributed by atoms with Gasteiger partial charge in [0.25, 0.3) is 0 Å². The lowest BCUT2D eigenvalue weighted by molar-refractivity contribution is -0.137. The first-order valence-corrected chi connectivity index (χ1v) is 5.39. The molecule has 1 aromatic carbocycles. The van der Waals surface area contributed by atoms with Crippen LogP contribution in [-0.2, 0) is 9.53 Å². The molecule has 0 saturated carbocycles. The molecule has 0 fully saturated rings. The number of carboxylic acid groups (broad SMARTS) is 1. The third-order valence-corrected chi connectivity index (χ3v) is 2.86. The van der Waals surface area contributed by atoms with Gasteiger partial charge >= 0.3 is 5.97 Å². The van der Waals surface area contributed by atoms with Crippen molar-refractivity contribution in [2.24, 2.45) is 0 Å². The molecular weight excluding hydrogens is 260 g/mol. The summed E-state index contributed by atoms with van der Waals surface area (Å²) < 4.78 is 5.95. The van der Waals surface area contributed by atoms with E-state index in [-0.39, 0.29) is 12.3 Å². The maximum atomic E-state index is 10.7. The number of carboxylic acids is 1. The predicted octanol–water partition coefficient (Wildman–Crippen LogP) is 2.65. The topological polar surface area (TPSA) is 46.5 Å². The standard InChI is InChI=1S/C11H13BrO3/c1-15-7-8(6-11(13)14)9-4-2-3-5-10(9)12/h2-5,8H,6-7H2,1H3,(H,13,14). The molecule has 82 valence electrons. The van der Waals surface area contributed by atoms with Gasteiger partial charge in [0.2, 0.25) is 0 Å². The molecule has 0 heterocycles. The number of ether oxygens (including phenoxy) is 1. The Bertz CT molecular complexity index is 338. The maximum absolute atomic E-state index is 10.7. The first-order chi connectivity index (χ1) is 7.15. The Balaban J connectivity index is 2.88. The van der Waals surface area contributed by atoms with E-state index in [2.05, 4.69) is 15.9 Å². The fraction of sp³-hybridized carbons (Fsp3) is 0.364. The number of carbonyl (C=O) groups is 1. The first kappa shape index (κ1) is 12.2. The third-order valence-electron chi connectivity index (χ3n) is 2.13. The van der Waals surface area contributed by atoms with Crippen LogP contribution in [0.4, 0.5) is 0 Å². The summed E-state index contributed by atoms with van der Waals surface area (Å²) in [5.74, 6) is -0.920. The highest BCUT2D eigenvalue weighted by Crippen LogP contribution is 2.27. The minimum Gasteiger partial charge on any atom is -0.481 e. The van der Waals surface area contributed by atoms with Crippen LogP contribution in [0.25, 0.3) is 0 Å². The van der Waals surface area contributed by atoms with Crippen molar-refractivity contribution in [3.05, 3.63) is 34.3 Å². The van der Waals surface area contributed by atoms with Crippen LogP contribution in [0.15, 0.2) is 28.7 Å². The number of hydrogen-bond donors (Lipinski definition) is 1. The van der Waals surface area contributed by atoms with Crippen LogP contribution >= 0.6 is 15.9 Å². The summed E-state index contributed by atoms with van der Waals surface area (Å²) in [6.45, 7) is 0.412. The van der Waals surface area contributed by atoms with E-state index in [1.54, 1.807) is 7.11 Å². The lowest BCUT2D eigenvalue weighted by atomic mass is 9.97. The largest absolute Gasteiger partial charge is 0.481 e. The summed E-state index contributed by atoms with van der Waals surface area (Å²) in [7, 11) is 1.58. The predicted molar refractivity (Wildman–Crippen MR) is 61.0 cm³/mol. The second kappa shape index (κ2) is 5.88. The summed E-state index contributed by atoms with van der Waals surface area (Å²) in [6, 6.07) is 7.61. The van der Waals surface area contributed by atoms with E-state index in [9.17, 15) is 4.79 Å². The average molecular weight is 273 g/mol. The highest BCUT2D eigenvalue weighted by atomic mass is 79.9. The molecule has 0 radical (unpaired) electrons. The van der Waals surface area contributed by atoms with Gasteiger partial charge in [0.05, 0.1) is 13.0 Å². The van der Waals surface area contributed by atoms with Crippen molar-refractivity contribution in [2.45, 2.75) is 12.3 Å². The summed E-state index contributed by atoms with van der Waals surface area (Å²) in [4.78, 5) is 10.7. The molecule has 0 aliphatic heterocycles. The number of aliphatic carboxylic acids is 1. The number of hydrogen-bond acceptors (Lipinski definition) is 2. The zero-order valence-corrected chi connectivity index (χ0v) is 10.0. The van der Waals surface area contributed by atoms with Crippen LogP contribution < -0.4 is 0 Å². The van der Waals surface area contributed by atoms with Crippen molar-refractivity contribution in [3.63, 3.8) is 0 Å². The number of benzene rings is 1. The highest BCUT2D eigenvalue weighted by Gasteiger charge is 2.17. The fourth-order valence-corrected chi connectivity index (χ4v) is 2.09. The van der Waals surface area contributed by atoms with Gasteiger partial charge < -0.3 is 9.84 Å². The molecule has 0 saturated heterocycles. The molecule has 3 nitrogen and oxygen atoms in total. The summed E-state index contributed by atoms with van der Waals surface area (Å²) in [5, 5.41) is 8.79. The van der Waals surface area contributed by atoms with E-state index in [0.29, 0.717) is 6.61 Å². The summed E-state index contributed by atoms with van der Waals surface area (Å²) >= 11 is 3.41. The molecule has 15 heavy (non-hydrogen) atoms. The zero-order valence-electron chi connectivity index (χ0n) is 8.44. The van der Waals surface area contributed by atoms with E-state index in [1.807, 2.05) is 24.3 Å². The van der Waals surface area contributed by atoms with Crippen LogP contribution in [0, 0.1) is 0 Å². The SMILES string of the molecule is COCC(CC(=O)O)c1ccccc1Br. The molecule has 0 bridgehead atoms. The fourth-order valence-electron chi connectivity index (χ4n) is 1.48. The molecule has 1 aromatic rings. The van der Waals surface area contributed by atoms with Crippen molar-refractivity contribution in [2.75, 3.05) is 13.7 Å². The molecule has 4 heteroatoms. The Hall–Kier alpha value is -0.870. The van der Waals surface area contributed by atoms with Crippen LogP contribution in [0.3, 0.4) is 0 Å². The lowest BCUT2D eigenvalue weighted by Gasteiger charge is -2.15. The van der Waals surface area contributed by atoms with Crippen LogP contribution in [0.2, 0.25) is 0 Å². The Morgan fingerprint density at radius 3 is 2.73 bits per heavy atom. The molecule has 0 spiro atoms. The molecule has 1 unspecified atom stereocenters. The van der Waals surface area contributed by atoms with E-state index >= 15 is 0 Å². The van der Waals surface area contributed by atoms with Crippen molar-refractivity contribution in [3.8, 4) is 0 Å². The van der Waals surface area contributed by atoms with E-state index < -0.39 is 5.97 Å². The Morgan fingerprint density at radius 2 is 2.20 bits per heavy atom. The van der Waals surface area contributed by atoms with Crippen molar-refractivity contribution < 1.29 is 14.6 Å². The first-order valence-electron chi connectivity index (χ1n) is 4.60. The lowest BCUT2D eigenvalue weighted by Crippen LogP contribution is -2.12. The average Bonchev–Trinajstić information content (AvgIpc) is 2.17. The van der Waals surface area contributed by atoms with Crippen LogP contribution in [-0.4, -0.2) is 24.8 Å². The monoisotopic (exact) mass is 272 g/mol. The second-order valence-corrected chi connectivity index (χ2v) is 4.13. The Labute approximate surface area is 97.2 Å². The molecule has 1 rings (SSSR count). The van der Waals surface area contributed by atoms with Gasteiger partial charge in [0, 0.05) is 17.5 Å². The van der Waals surface area contributed by atoms with Gasteiger partial charge in [-0.2, -0.15) is 0 Å². The van der Waals surface area contributed by atoms with Gasteiger partial charge in [-0.1, -0.05) is 34.1 Å². The summed E-state index contributed by atoms with van der Waals surface area (Å²) in [6.07, 6.45) is 0.0798. The molecular formula is C11H13BrO3. The number of halogens is 1. The van der Waals surface area contributed by atoms with Crippen molar-refractivity contribution in [1.29, 1.82) is 0 Å². The number of rotatable bonds is 5. The molecule has 1 atom stereocenters. The van der Waals surface area contributed by atoms with E-state index in [0.717, 1.165) is 10.0 Å². The van der Waals surface area contributed by atoms with E-state index in [1.165, 1.54) is 0 Å². The van der Waals surface area contributed by atoms with Gasteiger partial charge in [0.15, 0.2) is 0 Å². The smallest absolute Gasteiger partial charge is 0.304 e. The Morgan fingerprint density at radius 1 is 1.53 bits per heavy atom. The highest BCUT2D eigenvalue weighted by molar-refractivity contribution is 9.10. The molecule has 1 N–H and O–H groups in total. The third kappa shape index (κ3) is 3.64. The maximum Gasteiger partial charge on any atom is 0.304 e. The van der Waals surface area contributed by atoms with Gasteiger partial charge in [-0.25, -0.2) is 0 Å². The quantitative estimate of drug-likeness (QED) is 0.897. The van der Waals surface area contributed by atoms with Gasteiger partial charge in [-0.05, 0) is 11.6 Å². The molecule has 0 aliphatic rings. The summed E-state index contributed by atoms with van der Waals surface area (Å²) in [5.41, 5.74) is 0.974. The minimum absolute atomic E-state index is 0.0798. The molecule has 0 aromatic heterocycles. The minimum atomic E-state index is -0.812. The van der Waals surface area contributed by atoms with Crippen LogP contribution in [0.1, 0.15) is 17.9 Å². The van der Waals surface area contributed by atoms with Crippen LogP contribution in [0.5, 0.6) is 0 Å². The zero-order chi connectivity index (χ0) is 11.3. The number of methoxy groups -OCH3 is 1. The van der Waals surface area contributed by atoms with Gasteiger partial charge in [-0.15, -0.1) is 0 Å².